The predicted molar refractivity (Wildman–Crippen MR) is 104 cm³/mol. The van der Waals surface area contributed by atoms with Gasteiger partial charge >= 0.3 is 0 Å². The molecule has 0 aliphatic carbocycles. The lowest BCUT2D eigenvalue weighted by Gasteiger charge is -2.26. The van der Waals surface area contributed by atoms with E-state index in [2.05, 4.69) is 10.3 Å². The van der Waals surface area contributed by atoms with Gasteiger partial charge in [-0.25, -0.2) is 4.98 Å². The number of piperidine rings is 1. The maximum Gasteiger partial charge on any atom is 0.236 e. The Morgan fingerprint density at radius 2 is 1.88 bits per heavy atom. The van der Waals surface area contributed by atoms with E-state index in [9.17, 15) is 9.59 Å². The molecule has 1 saturated heterocycles. The lowest BCUT2D eigenvalue weighted by atomic mass is 10.1. The first-order chi connectivity index (χ1) is 12.2. The number of carbonyl (C=O) groups is 2. The molecule has 1 aliphatic rings. The van der Waals surface area contributed by atoms with Crippen LogP contribution in [0.4, 0.5) is 5.13 Å². The molecule has 0 unspecified atom stereocenters. The van der Waals surface area contributed by atoms with Crippen LogP contribution in [0, 0.1) is 0 Å². The molecule has 7 heteroatoms. The summed E-state index contributed by atoms with van der Waals surface area (Å²) < 4.78 is 0. The van der Waals surface area contributed by atoms with E-state index in [1.54, 1.807) is 0 Å². The fraction of sp³-hybridized carbons (Fsp3) is 0.389. The standard InChI is InChI=1S/C18H21N3O2S2/c22-16(12-24-13-17(23)21-9-5-2-6-10-21)20-18-19-15(11-25-18)14-7-3-1-4-8-14/h1,3-4,7-8,11H,2,5-6,9-10,12-13H2,(H,19,20,22). The first-order valence-electron chi connectivity index (χ1n) is 8.39. The van der Waals surface area contributed by atoms with Crippen LogP contribution in [0.1, 0.15) is 19.3 Å². The number of thioether (sulfide) groups is 1. The number of likely N-dealkylation sites (tertiary alicyclic amines) is 1. The van der Waals surface area contributed by atoms with Gasteiger partial charge in [-0.3, -0.25) is 9.59 Å². The maximum atomic E-state index is 12.1. The van der Waals surface area contributed by atoms with Crippen LogP contribution in [0.25, 0.3) is 11.3 Å². The summed E-state index contributed by atoms with van der Waals surface area (Å²) >= 11 is 2.77. The number of amides is 2. The zero-order chi connectivity index (χ0) is 17.5. The molecule has 0 atom stereocenters. The number of aromatic nitrogens is 1. The van der Waals surface area contributed by atoms with Gasteiger partial charge in [-0.2, -0.15) is 0 Å². The Labute approximate surface area is 155 Å². The number of thiazole rings is 1. The van der Waals surface area contributed by atoms with Gasteiger partial charge in [0, 0.05) is 24.0 Å². The topological polar surface area (TPSA) is 62.3 Å². The van der Waals surface area contributed by atoms with Crippen molar-refractivity contribution < 1.29 is 9.59 Å². The van der Waals surface area contributed by atoms with Gasteiger partial charge in [-0.1, -0.05) is 30.3 Å². The third kappa shape index (κ3) is 5.31. The molecule has 1 aliphatic heterocycles. The van der Waals surface area contributed by atoms with Crippen LogP contribution >= 0.6 is 23.1 Å². The van der Waals surface area contributed by atoms with Crippen LogP contribution in [-0.4, -0.2) is 46.3 Å². The van der Waals surface area contributed by atoms with E-state index in [1.807, 2.05) is 40.6 Å². The van der Waals surface area contributed by atoms with Crippen LogP contribution < -0.4 is 5.32 Å². The van der Waals surface area contributed by atoms with Crippen molar-refractivity contribution in [3.8, 4) is 11.3 Å². The molecule has 2 heterocycles. The Morgan fingerprint density at radius 3 is 2.64 bits per heavy atom. The summed E-state index contributed by atoms with van der Waals surface area (Å²) in [6.45, 7) is 1.71. The average molecular weight is 376 g/mol. The molecule has 2 aromatic rings. The Morgan fingerprint density at radius 1 is 1.12 bits per heavy atom. The number of hydrogen-bond donors (Lipinski definition) is 1. The van der Waals surface area contributed by atoms with Crippen LogP contribution in [-0.2, 0) is 9.59 Å². The van der Waals surface area contributed by atoms with Crippen molar-refractivity contribution in [1.29, 1.82) is 0 Å². The highest BCUT2D eigenvalue weighted by Gasteiger charge is 2.16. The molecule has 25 heavy (non-hydrogen) atoms. The lowest BCUT2D eigenvalue weighted by molar-refractivity contribution is -0.129. The second-order valence-corrected chi connectivity index (χ2v) is 7.73. The number of nitrogens with one attached hydrogen (secondary N) is 1. The summed E-state index contributed by atoms with van der Waals surface area (Å²) in [5.41, 5.74) is 1.88. The number of benzene rings is 1. The minimum Gasteiger partial charge on any atom is -0.342 e. The van der Waals surface area contributed by atoms with Gasteiger partial charge < -0.3 is 10.2 Å². The number of nitrogens with zero attached hydrogens (tertiary/aromatic N) is 2. The summed E-state index contributed by atoms with van der Waals surface area (Å²) in [5.74, 6) is 0.643. The van der Waals surface area contributed by atoms with Gasteiger partial charge in [0.25, 0.3) is 0 Å². The van der Waals surface area contributed by atoms with Crippen LogP contribution in [0.5, 0.6) is 0 Å². The second-order valence-electron chi connectivity index (χ2n) is 5.89. The molecule has 1 fully saturated rings. The zero-order valence-electron chi connectivity index (χ0n) is 13.9. The summed E-state index contributed by atoms with van der Waals surface area (Å²) in [4.78, 5) is 30.4. The average Bonchev–Trinajstić information content (AvgIpc) is 3.11. The van der Waals surface area contributed by atoms with E-state index < -0.39 is 0 Å². The van der Waals surface area contributed by atoms with E-state index in [1.165, 1.54) is 29.5 Å². The second kappa shape index (κ2) is 9.01. The van der Waals surface area contributed by atoms with Crippen molar-refractivity contribution >= 4 is 40.0 Å². The molecule has 2 amide bonds. The quantitative estimate of drug-likeness (QED) is 0.839. The first kappa shape index (κ1) is 17.9. The summed E-state index contributed by atoms with van der Waals surface area (Å²) in [6.07, 6.45) is 3.38. The smallest absolute Gasteiger partial charge is 0.236 e. The fourth-order valence-corrected chi connectivity index (χ4v) is 4.15. The van der Waals surface area contributed by atoms with Gasteiger partial charge in [0.1, 0.15) is 0 Å². The molecular weight excluding hydrogens is 354 g/mol. The normalized spacial score (nSPS) is 14.3. The van der Waals surface area contributed by atoms with E-state index in [0.717, 1.165) is 37.2 Å². The van der Waals surface area contributed by atoms with E-state index in [0.29, 0.717) is 10.9 Å². The fourth-order valence-electron chi connectivity index (χ4n) is 2.69. The van der Waals surface area contributed by atoms with Gasteiger partial charge in [-0.15, -0.1) is 23.1 Å². The van der Waals surface area contributed by atoms with Gasteiger partial charge in [-0.05, 0) is 19.3 Å². The monoisotopic (exact) mass is 375 g/mol. The minimum absolute atomic E-state index is 0.120. The Hall–Kier alpha value is -1.86. The number of hydrogen-bond acceptors (Lipinski definition) is 5. The van der Waals surface area contributed by atoms with E-state index >= 15 is 0 Å². The Kier molecular flexibility index (Phi) is 6.47. The van der Waals surface area contributed by atoms with Crippen LogP contribution in [0.2, 0.25) is 0 Å². The van der Waals surface area contributed by atoms with Crippen molar-refractivity contribution in [2.24, 2.45) is 0 Å². The SMILES string of the molecule is O=C(CSCC(=O)N1CCCCC1)Nc1nc(-c2ccccc2)cs1. The molecule has 1 aromatic carbocycles. The van der Waals surface area contributed by atoms with Crippen molar-refractivity contribution in [2.75, 3.05) is 29.9 Å². The molecule has 0 saturated carbocycles. The van der Waals surface area contributed by atoms with Gasteiger partial charge in [0.15, 0.2) is 5.13 Å². The highest BCUT2D eigenvalue weighted by molar-refractivity contribution is 8.00. The molecule has 132 valence electrons. The Balaban J connectivity index is 1.42. The van der Waals surface area contributed by atoms with E-state index in [4.69, 9.17) is 0 Å². The third-order valence-corrected chi connectivity index (χ3v) is 5.66. The molecule has 3 rings (SSSR count). The van der Waals surface area contributed by atoms with Gasteiger partial charge in [0.05, 0.1) is 17.2 Å². The molecule has 5 nitrogen and oxygen atoms in total. The van der Waals surface area contributed by atoms with Crippen molar-refractivity contribution in [1.82, 2.24) is 9.88 Å². The molecule has 0 radical (unpaired) electrons. The highest BCUT2D eigenvalue weighted by atomic mass is 32.2. The maximum absolute atomic E-state index is 12.1. The Bertz CT molecular complexity index is 712. The third-order valence-electron chi connectivity index (χ3n) is 3.99. The van der Waals surface area contributed by atoms with Gasteiger partial charge in [0.2, 0.25) is 11.8 Å². The molecule has 0 spiro atoms. The van der Waals surface area contributed by atoms with Crippen LogP contribution in [0.3, 0.4) is 0 Å². The zero-order valence-corrected chi connectivity index (χ0v) is 15.6. The number of anilines is 1. The van der Waals surface area contributed by atoms with E-state index in [-0.39, 0.29) is 17.6 Å². The summed E-state index contributed by atoms with van der Waals surface area (Å²) in [6, 6.07) is 9.86. The van der Waals surface area contributed by atoms with Crippen molar-refractivity contribution in [3.05, 3.63) is 35.7 Å². The lowest BCUT2D eigenvalue weighted by Crippen LogP contribution is -2.37. The summed E-state index contributed by atoms with van der Waals surface area (Å²) in [5, 5.41) is 5.33. The molecule has 1 N–H and O–H groups in total. The predicted octanol–water partition coefficient (Wildman–Crippen LogP) is 3.49. The number of rotatable bonds is 6. The molecule has 0 bridgehead atoms. The summed E-state index contributed by atoms with van der Waals surface area (Å²) in [7, 11) is 0. The molecule has 1 aromatic heterocycles. The minimum atomic E-state index is -0.120. The highest BCUT2D eigenvalue weighted by Crippen LogP contribution is 2.24. The number of carbonyl (C=O) groups excluding carboxylic acids is 2. The van der Waals surface area contributed by atoms with Crippen molar-refractivity contribution in [3.63, 3.8) is 0 Å². The van der Waals surface area contributed by atoms with Crippen LogP contribution in [0.15, 0.2) is 35.7 Å². The molecular formula is C18H21N3O2S2. The van der Waals surface area contributed by atoms with Crippen molar-refractivity contribution in [2.45, 2.75) is 19.3 Å². The first-order valence-corrected chi connectivity index (χ1v) is 10.4. The largest absolute Gasteiger partial charge is 0.342 e.